The van der Waals surface area contributed by atoms with Crippen molar-refractivity contribution in [2.75, 3.05) is 18.0 Å². The van der Waals surface area contributed by atoms with Crippen molar-refractivity contribution in [3.05, 3.63) is 22.1 Å². The summed E-state index contributed by atoms with van der Waals surface area (Å²) in [6.45, 7) is 3.69. The Hall–Kier alpha value is -1.89. The molecule has 19 heavy (non-hydrogen) atoms. The molecule has 0 amide bonds. The van der Waals surface area contributed by atoms with Gasteiger partial charge in [0.1, 0.15) is 0 Å². The second-order valence-corrected chi connectivity index (χ2v) is 4.95. The van der Waals surface area contributed by atoms with Gasteiger partial charge >= 0.3 is 0 Å². The minimum atomic E-state index is -0.116. The van der Waals surface area contributed by atoms with Crippen molar-refractivity contribution in [3.8, 4) is 0 Å². The van der Waals surface area contributed by atoms with E-state index in [1.165, 1.54) is 4.52 Å². The molecule has 0 bridgehead atoms. The molecule has 1 saturated heterocycles. The van der Waals surface area contributed by atoms with Crippen LogP contribution >= 0.6 is 0 Å². The second kappa shape index (κ2) is 4.65. The van der Waals surface area contributed by atoms with Crippen molar-refractivity contribution < 1.29 is 0 Å². The maximum atomic E-state index is 11.9. The Kier molecular flexibility index (Phi) is 2.98. The Morgan fingerprint density at radius 2 is 2.16 bits per heavy atom. The minimum absolute atomic E-state index is 0.116. The van der Waals surface area contributed by atoms with Crippen molar-refractivity contribution in [3.63, 3.8) is 0 Å². The lowest BCUT2D eigenvalue weighted by Crippen LogP contribution is -2.40. The number of aromatic nitrogens is 4. The number of aromatic amines is 1. The molecule has 0 radical (unpaired) electrons. The summed E-state index contributed by atoms with van der Waals surface area (Å²) < 4.78 is 1.39. The number of anilines is 1. The molecular formula is C12H18N6O. The lowest BCUT2D eigenvalue weighted by Gasteiger charge is -2.29. The van der Waals surface area contributed by atoms with Gasteiger partial charge < -0.3 is 10.6 Å². The van der Waals surface area contributed by atoms with Gasteiger partial charge in [0, 0.05) is 30.9 Å². The average molecular weight is 262 g/mol. The molecule has 0 unspecified atom stereocenters. The molecule has 3 rings (SSSR count). The fourth-order valence-corrected chi connectivity index (χ4v) is 2.35. The van der Waals surface area contributed by atoms with Gasteiger partial charge in [-0.05, 0) is 19.3 Å². The van der Waals surface area contributed by atoms with E-state index in [0.29, 0.717) is 11.7 Å². The molecule has 0 atom stereocenters. The van der Waals surface area contributed by atoms with Crippen molar-refractivity contribution in [1.29, 1.82) is 0 Å². The van der Waals surface area contributed by atoms with E-state index in [1.807, 2.05) is 6.92 Å². The molecule has 7 heteroatoms. The molecule has 1 aliphatic heterocycles. The first kappa shape index (κ1) is 12.2. The predicted molar refractivity (Wildman–Crippen MR) is 72.4 cm³/mol. The summed E-state index contributed by atoms with van der Waals surface area (Å²) in [6.07, 6.45) is 2.62. The van der Waals surface area contributed by atoms with Crippen LogP contribution < -0.4 is 16.2 Å². The van der Waals surface area contributed by atoms with E-state index in [1.54, 1.807) is 6.07 Å². The molecule has 3 N–H and O–H groups in total. The normalized spacial score (nSPS) is 17.3. The third-order valence-corrected chi connectivity index (χ3v) is 3.57. The zero-order valence-electron chi connectivity index (χ0n) is 11.0. The Bertz CT molecular complexity index is 637. The molecule has 1 fully saturated rings. The molecule has 0 aromatic carbocycles. The van der Waals surface area contributed by atoms with Crippen molar-refractivity contribution in [1.82, 2.24) is 19.6 Å². The van der Waals surface area contributed by atoms with E-state index in [0.717, 1.165) is 38.0 Å². The lowest BCUT2D eigenvalue weighted by molar-refractivity contribution is 0.495. The number of fused-ring (bicyclic) bond motifs is 1. The molecule has 2 aromatic heterocycles. The van der Waals surface area contributed by atoms with Crippen LogP contribution in [0.15, 0.2) is 10.9 Å². The molecule has 0 aliphatic carbocycles. The van der Waals surface area contributed by atoms with Gasteiger partial charge in [-0.15, -0.1) is 0 Å². The number of H-pyrrole nitrogens is 1. The van der Waals surface area contributed by atoms with Crippen molar-refractivity contribution in [2.24, 2.45) is 5.73 Å². The van der Waals surface area contributed by atoms with Gasteiger partial charge in [0.15, 0.2) is 0 Å². The van der Waals surface area contributed by atoms with E-state index in [9.17, 15) is 4.79 Å². The summed E-state index contributed by atoms with van der Waals surface area (Å²) in [6, 6.07) is 1.81. The standard InChI is InChI=1S/C12H18N6O/c1-2-9-7-10(19)18-11(14-9)15-12(16-18)17-5-3-8(13)4-6-17/h7-8H,2-6,13H2,1H3,(H,14,15,16). The predicted octanol–water partition coefficient (Wildman–Crippen LogP) is -0.0925. The van der Waals surface area contributed by atoms with E-state index < -0.39 is 0 Å². The Labute approximate surface area is 110 Å². The molecular weight excluding hydrogens is 244 g/mol. The summed E-state index contributed by atoms with van der Waals surface area (Å²) >= 11 is 0. The zero-order valence-corrected chi connectivity index (χ0v) is 11.0. The number of nitrogens with zero attached hydrogens (tertiary/aromatic N) is 4. The first-order valence-electron chi connectivity index (χ1n) is 6.66. The third kappa shape index (κ3) is 2.21. The van der Waals surface area contributed by atoms with Gasteiger partial charge in [-0.1, -0.05) is 6.92 Å². The smallest absolute Gasteiger partial charge is 0.274 e. The van der Waals surface area contributed by atoms with Gasteiger partial charge in [-0.25, -0.2) is 4.98 Å². The van der Waals surface area contributed by atoms with E-state index in [2.05, 4.69) is 20.0 Å². The fourth-order valence-electron chi connectivity index (χ4n) is 2.35. The Morgan fingerprint density at radius 1 is 1.42 bits per heavy atom. The van der Waals surface area contributed by atoms with E-state index >= 15 is 0 Å². The fraction of sp³-hybridized carbons (Fsp3) is 0.583. The van der Waals surface area contributed by atoms with Crippen LogP contribution in [0.3, 0.4) is 0 Å². The zero-order chi connectivity index (χ0) is 13.4. The topological polar surface area (TPSA) is 92.3 Å². The number of rotatable bonds is 2. The highest BCUT2D eigenvalue weighted by atomic mass is 16.1. The maximum absolute atomic E-state index is 11.9. The number of nitrogens with two attached hydrogens (primary N) is 1. The number of nitrogens with one attached hydrogen (secondary N) is 1. The Morgan fingerprint density at radius 3 is 2.84 bits per heavy atom. The van der Waals surface area contributed by atoms with Gasteiger partial charge in [0.25, 0.3) is 11.3 Å². The van der Waals surface area contributed by atoms with Crippen LogP contribution in [0.2, 0.25) is 0 Å². The van der Waals surface area contributed by atoms with Crippen LogP contribution in [0.1, 0.15) is 25.5 Å². The van der Waals surface area contributed by atoms with Gasteiger partial charge in [0.05, 0.1) is 0 Å². The molecule has 0 spiro atoms. The summed E-state index contributed by atoms with van der Waals surface area (Å²) in [7, 11) is 0. The number of hydrogen-bond donors (Lipinski definition) is 2. The van der Waals surface area contributed by atoms with Gasteiger partial charge in [-0.2, -0.15) is 9.50 Å². The van der Waals surface area contributed by atoms with E-state index in [4.69, 9.17) is 5.73 Å². The molecule has 7 nitrogen and oxygen atoms in total. The summed E-state index contributed by atoms with van der Waals surface area (Å²) in [5.41, 5.74) is 6.54. The molecule has 102 valence electrons. The summed E-state index contributed by atoms with van der Waals surface area (Å²) in [5.74, 6) is 1.14. The molecule has 2 aromatic rings. The molecule has 1 aliphatic rings. The molecule has 0 saturated carbocycles. The average Bonchev–Trinajstić information content (AvgIpc) is 2.84. The SMILES string of the molecule is CCc1cc(=O)n2[nH]c(N3CCC(N)CC3)nc2n1. The van der Waals surface area contributed by atoms with Crippen LogP contribution in [-0.4, -0.2) is 38.7 Å². The lowest BCUT2D eigenvalue weighted by atomic mass is 10.1. The first-order valence-corrected chi connectivity index (χ1v) is 6.66. The minimum Gasteiger partial charge on any atom is -0.341 e. The number of hydrogen-bond acceptors (Lipinski definition) is 5. The first-order chi connectivity index (χ1) is 9.17. The quantitative estimate of drug-likeness (QED) is 0.789. The third-order valence-electron chi connectivity index (χ3n) is 3.57. The highest BCUT2D eigenvalue weighted by Crippen LogP contribution is 2.15. The largest absolute Gasteiger partial charge is 0.341 e. The maximum Gasteiger partial charge on any atom is 0.274 e. The van der Waals surface area contributed by atoms with Crippen LogP contribution in [0.25, 0.3) is 5.78 Å². The monoisotopic (exact) mass is 262 g/mol. The number of aryl methyl sites for hydroxylation is 1. The molecule has 3 heterocycles. The van der Waals surface area contributed by atoms with Crippen LogP contribution in [0.4, 0.5) is 5.95 Å². The van der Waals surface area contributed by atoms with E-state index in [-0.39, 0.29) is 11.6 Å². The van der Waals surface area contributed by atoms with Gasteiger partial charge in [0.2, 0.25) is 5.95 Å². The van der Waals surface area contributed by atoms with Crippen LogP contribution in [0.5, 0.6) is 0 Å². The highest BCUT2D eigenvalue weighted by molar-refractivity contribution is 5.39. The summed E-state index contributed by atoms with van der Waals surface area (Å²) in [4.78, 5) is 22.8. The second-order valence-electron chi connectivity index (χ2n) is 4.95. The number of piperidine rings is 1. The van der Waals surface area contributed by atoms with Crippen LogP contribution in [0, 0.1) is 0 Å². The van der Waals surface area contributed by atoms with Gasteiger partial charge in [-0.3, -0.25) is 9.89 Å². The highest BCUT2D eigenvalue weighted by Gasteiger charge is 2.19. The van der Waals surface area contributed by atoms with Crippen molar-refractivity contribution >= 4 is 11.7 Å². The Balaban J connectivity index is 1.97. The summed E-state index contributed by atoms with van der Waals surface area (Å²) in [5, 5.41) is 3.02. The van der Waals surface area contributed by atoms with Crippen LogP contribution in [-0.2, 0) is 6.42 Å². The van der Waals surface area contributed by atoms with Crippen molar-refractivity contribution in [2.45, 2.75) is 32.2 Å².